The molecule has 0 fully saturated rings. The Kier molecular flexibility index (Phi) is 6.11. The molecule has 0 bridgehead atoms. The fraction of sp³-hybridized carbons (Fsp3) is 0.636. The Balaban J connectivity index is 2.94. The van der Waals surface area contributed by atoms with Gasteiger partial charge in [-0.25, -0.2) is 10.8 Å². The quantitative estimate of drug-likeness (QED) is 0.580. The molecule has 18 heavy (non-hydrogen) atoms. The van der Waals surface area contributed by atoms with Gasteiger partial charge in [0.15, 0.2) is 5.82 Å². The smallest absolute Gasteiger partial charge is 0.239 e. The first-order chi connectivity index (χ1) is 8.58. The van der Waals surface area contributed by atoms with Gasteiger partial charge in [-0.15, -0.1) is 0 Å². The van der Waals surface area contributed by atoms with Gasteiger partial charge < -0.3 is 9.64 Å². The van der Waals surface area contributed by atoms with Crippen molar-refractivity contribution in [3.05, 3.63) is 11.2 Å². The van der Waals surface area contributed by atoms with Crippen molar-refractivity contribution in [1.29, 1.82) is 0 Å². The molecule has 0 saturated heterocycles. The number of hydrazine groups is 1. The van der Waals surface area contributed by atoms with Crippen LogP contribution in [0.1, 0.15) is 13.8 Å². The van der Waals surface area contributed by atoms with Crippen LogP contribution in [0.5, 0.6) is 0 Å². The molecule has 0 atom stereocenters. The number of aromatic nitrogens is 2. The molecule has 0 amide bonds. The zero-order valence-corrected chi connectivity index (χ0v) is 11.7. The number of ether oxygens (including phenoxy) is 1. The lowest BCUT2D eigenvalue weighted by atomic mass is 10.2. The minimum Gasteiger partial charge on any atom is -0.383 e. The second-order valence-electron chi connectivity index (χ2n) is 4.34. The molecular formula is C11H20ClN5O. The predicted molar refractivity (Wildman–Crippen MR) is 73.8 cm³/mol. The number of nitrogens with one attached hydrogen (secondary N) is 1. The summed E-state index contributed by atoms with van der Waals surface area (Å²) in [6, 6.07) is 0. The van der Waals surface area contributed by atoms with Crippen molar-refractivity contribution in [3.8, 4) is 0 Å². The molecule has 3 N–H and O–H groups in total. The van der Waals surface area contributed by atoms with Crippen LogP contribution in [-0.2, 0) is 4.74 Å². The molecule has 6 nitrogen and oxygen atoms in total. The molecule has 0 aliphatic heterocycles. The van der Waals surface area contributed by atoms with E-state index < -0.39 is 0 Å². The van der Waals surface area contributed by atoms with Gasteiger partial charge in [0, 0.05) is 20.2 Å². The van der Waals surface area contributed by atoms with E-state index in [1.54, 1.807) is 13.3 Å². The highest BCUT2D eigenvalue weighted by atomic mass is 35.5. The standard InChI is InChI=1S/C11H20ClN5O/c1-8(2)7-17(4-5-18-3)10-9(12)6-14-11(15-10)16-13/h6,8H,4-5,7,13H2,1-3H3,(H,14,15,16). The molecule has 0 radical (unpaired) electrons. The SMILES string of the molecule is COCCN(CC(C)C)c1nc(NN)ncc1Cl. The number of rotatable bonds is 7. The number of nitrogens with zero attached hydrogens (tertiary/aromatic N) is 3. The fourth-order valence-corrected chi connectivity index (χ4v) is 1.79. The van der Waals surface area contributed by atoms with E-state index in [1.165, 1.54) is 0 Å². The van der Waals surface area contributed by atoms with E-state index in [2.05, 4.69) is 34.1 Å². The minimum atomic E-state index is 0.348. The number of anilines is 2. The van der Waals surface area contributed by atoms with Crippen molar-refractivity contribution in [2.45, 2.75) is 13.8 Å². The van der Waals surface area contributed by atoms with Gasteiger partial charge in [0.1, 0.15) is 5.02 Å². The van der Waals surface area contributed by atoms with Gasteiger partial charge in [-0.3, -0.25) is 5.43 Å². The van der Waals surface area contributed by atoms with Crippen molar-refractivity contribution in [1.82, 2.24) is 9.97 Å². The summed E-state index contributed by atoms with van der Waals surface area (Å²) in [7, 11) is 1.67. The molecule has 1 aromatic heterocycles. The Morgan fingerprint density at radius 3 is 2.83 bits per heavy atom. The highest BCUT2D eigenvalue weighted by Gasteiger charge is 2.14. The Morgan fingerprint density at radius 2 is 2.28 bits per heavy atom. The van der Waals surface area contributed by atoms with Crippen LogP contribution in [0, 0.1) is 5.92 Å². The van der Waals surface area contributed by atoms with E-state index in [4.69, 9.17) is 22.2 Å². The molecule has 0 unspecified atom stereocenters. The van der Waals surface area contributed by atoms with Crippen LogP contribution in [-0.4, -0.2) is 36.8 Å². The lowest BCUT2D eigenvalue weighted by molar-refractivity contribution is 0.204. The number of nitrogen functional groups attached to an aromatic ring is 1. The summed E-state index contributed by atoms with van der Waals surface area (Å²) in [6.45, 7) is 6.44. The Hall–Kier alpha value is -1.11. The van der Waals surface area contributed by atoms with Gasteiger partial charge in [0.2, 0.25) is 5.95 Å². The first kappa shape index (κ1) is 14.9. The third kappa shape index (κ3) is 4.29. The lowest BCUT2D eigenvalue weighted by Gasteiger charge is -2.26. The molecule has 0 saturated carbocycles. The van der Waals surface area contributed by atoms with Gasteiger partial charge in [-0.1, -0.05) is 25.4 Å². The van der Waals surface area contributed by atoms with E-state index in [0.29, 0.717) is 29.3 Å². The minimum absolute atomic E-state index is 0.348. The maximum atomic E-state index is 6.13. The summed E-state index contributed by atoms with van der Waals surface area (Å²) in [6.07, 6.45) is 1.54. The first-order valence-corrected chi connectivity index (χ1v) is 6.19. The molecule has 102 valence electrons. The Morgan fingerprint density at radius 1 is 1.56 bits per heavy atom. The molecule has 0 aliphatic carbocycles. The summed E-state index contributed by atoms with van der Waals surface area (Å²) in [5, 5.41) is 0.505. The zero-order valence-electron chi connectivity index (χ0n) is 11.0. The third-order valence-corrected chi connectivity index (χ3v) is 2.57. The summed E-state index contributed by atoms with van der Waals surface area (Å²) >= 11 is 6.13. The molecule has 1 rings (SSSR count). The Bertz CT molecular complexity index is 374. The lowest BCUT2D eigenvalue weighted by Crippen LogP contribution is -2.32. The summed E-state index contributed by atoms with van der Waals surface area (Å²) < 4.78 is 5.10. The average Bonchev–Trinajstić information content (AvgIpc) is 2.35. The highest BCUT2D eigenvalue weighted by molar-refractivity contribution is 6.32. The number of hydrogen-bond acceptors (Lipinski definition) is 6. The fourth-order valence-electron chi connectivity index (χ4n) is 1.58. The van der Waals surface area contributed by atoms with Crippen LogP contribution in [0.25, 0.3) is 0 Å². The second-order valence-corrected chi connectivity index (χ2v) is 4.75. The molecule has 0 aromatic carbocycles. The maximum absolute atomic E-state index is 6.13. The number of methoxy groups -OCH3 is 1. The number of halogens is 1. The van der Waals surface area contributed by atoms with Crippen LogP contribution in [0.2, 0.25) is 5.02 Å². The molecule has 1 aromatic rings. The highest BCUT2D eigenvalue weighted by Crippen LogP contribution is 2.24. The average molecular weight is 274 g/mol. The molecular weight excluding hydrogens is 254 g/mol. The summed E-state index contributed by atoms with van der Waals surface area (Å²) in [5.74, 6) is 6.82. The molecule has 0 spiro atoms. The van der Waals surface area contributed by atoms with Crippen molar-refractivity contribution in [2.75, 3.05) is 37.1 Å². The molecule has 1 heterocycles. The van der Waals surface area contributed by atoms with Crippen LogP contribution < -0.4 is 16.2 Å². The topological polar surface area (TPSA) is 76.3 Å². The number of hydrogen-bond donors (Lipinski definition) is 2. The third-order valence-electron chi connectivity index (χ3n) is 2.31. The van der Waals surface area contributed by atoms with Gasteiger partial charge >= 0.3 is 0 Å². The van der Waals surface area contributed by atoms with Crippen molar-refractivity contribution < 1.29 is 4.74 Å². The van der Waals surface area contributed by atoms with E-state index in [9.17, 15) is 0 Å². The van der Waals surface area contributed by atoms with E-state index in [1.807, 2.05) is 0 Å². The van der Waals surface area contributed by atoms with Crippen LogP contribution in [0.3, 0.4) is 0 Å². The first-order valence-electron chi connectivity index (χ1n) is 5.81. The van der Waals surface area contributed by atoms with E-state index in [0.717, 1.165) is 13.1 Å². The van der Waals surface area contributed by atoms with E-state index >= 15 is 0 Å². The van der Waals surface area contributed by atoms with Crippen LogP contribution >= 0.6 is 11.6 Å². The van der Waals surface area contributed by atoms with Gasteiger partial charge in [-0.05, 0) is 5.92 Å². The Labute approximate surface area is 112 Å². The maximum Gasteiger partial charge on any atom is 0.239 e. The van der Waals surface area contributed by atoms with Crippen molar-refractivity contribution >= 4 is 23.4 Å². The summed E-state index contributed by atoms with van der Waals surface area (Å²) in [5.41, 5.74) is 2.42. The van der Waals surface area contributed by atoms with Gasteiger partial charge in [-0.2, -0.15) is 4.98 Å². The second kappa shape index (κ2) is 7.35. The molecule has 0 aliphatic rings. The zero-order chi connectivity index (χ0) is 13.5. The normalized spacial score (nSPS) is 10.8. The molecule has 7 heteroatoms. The van der Waals surface area contributed by atoms with Crippen LogP contribution in [0.4, 0.5) is 11.8 Å². The van der Waals surface area contributed by atoms with Crippen LogP contribution in [0.15, 0.2) is 6.20 Å². The summed E-state index contributed by atoms with van der Waals surface area (Å²) in [4.78, 5) is 10.3. The number of nitrogens with two attached hydrogens (primary N) is 1. The largest absolute Gasteiger partial charge is 0.383 e. The van der Waals surface area contributed by atoms with Crippen molar-refractivity contribution in [3.63, 3.8) is 0 Å². The van der Waals surface area contributed by atoms with E-state index in [-0.39, 0.29) is 0 Å². The van der Waals surface area contributed by atoms with Crippen molar-refractivity contribution in [2.24, 2.45) is 11.8 Å². The predicted octanol–water partition coefficient (Wildman–Crippen LogP) is 1.52. The monoisotopic (exact) mass is 273 g/mol. The van der Waals surface area contributed by atoms with Gasteiger partial charge in [0.25, 0.3) is 0 Å². The van der Waals surface area contributed by atoms with Gasteiger partial charge in [0.05, 0.1) is 12.8 Å².